The molecule has 1 atom stereocenters. The van der Waals surface area contributed by atoms with Crippen LogP contribution in [0.5, 0.6) is 0 Å². The third-order valence-corrected chi connectivity index (χ3v) is 3.45. The number of amidine groups is 1. The number of benzene rings is 1. The summed E-state index contributed by atoms with van der Waals surface area (Å²) in [6, 6.07) is 7.25. The van der Waals surface area contributed by atoms with E-state index in [2.05, 4.69) is 10.3 Å². The maximum Gasteiger partial charge on any atom is 0.279 e. The second-order valence-corrected chi connectivity index (χ2v) is 5.12. The van der Waals surface area contributed by atoms with E-state index in [0.717, 1.165) is 5.56 Å². The third kappa shape index (κ3) is 2.55. The fraction of sp³-hybridized carbons (Fsp3) is 0.250. The zero-order valence-corrected chi connectivity index (χ0v) is 10.4. The monoisotopic (exact) mass is 248 g/mol. The zero-order valence-electron chi connectivity index (χ0n) is 9.56. The van der Waals surface area contributed by atoms with Crippen molar-refractivity contribution < 1.29 is 9.59 Å². The van der Waals surface area contributed by atoms with Gasteiger partial charge in [0.1, 0.15) is 0 Å². The molecule has 2 rings (SSSR count). The van der Waals surface area contributed by atoms with Crippen molar-refractivity contribution in [1.29, 1.82) is 0 Å². The van der Waals surface area contributed by atoms with Crippen LogP contribution in [0.15, 0.2) is 29.3 Å². The standard InChI is InChI=1S/C12H12N2O2S/c1-7-5-3-4-6-9(7)11(16)14-12-13-10(15)8(2)17-12/h3-6,8H,1-2H3,(H,13,14,15,16). The molecule has 1 aliphatic heterocycles. The Morgan fingerprint density at radius 1 is 1.41 bits per heavy atom. The largest absolute Gasteiger partial charge is 0.304 e. The Bertz CT molecular complexity index is 511. The van der Waals surface area contributed by atoms with Crippen LogP contribution in [0.4, 0.5) is 0 Å². The van der Waals surface area contributed by atoms with E-state index >= 15 is 0 Å². The molecule has 0 radical (unpaired) electrons. The smallest absolute Gasteiger partial charge is 0.279 e. The number of aliphatic imine (C=N–C) groups is 1. The van der Waals surface area contributed by atoms with E-state index < -0.39 is 0 Å². The number of thioether (sulfide) groups is 1. The molecule has 1 aromatic rings. The molecule has 0 saturated carbocycles. The highest BCUT2D eigenvalue weighted by Gasteiger charge is 2.26. The van der Waals surface area contributed by atoms with Crippen LogP contribution in [0.3, 0.4) is 0 Å². The van der Waals surface area contributed by atoms with Crippen LogP contribution in [0.2, 0.25) is 0 Å². The first-order valence-corrected chi connectivity index (χ1v) is 6.12. The average molecular weight is 248 g/mol. The van der Waals surface area contributed by atoms with Crippen LogP contribution >= 0.6 is 11.8 Å². The zero-order chi connectivity index (χ0) is 12.4. The Morgan fingerprint density at radius 3 is 2.71 bits per heavy atom. The predicted molar refractivity (Wildman–Crippen MR) is 68.1 cm³/mol. The normalized spacial score (nSPS) is 21.6. The van der Waals surface area contributed by atoms with Gasteiger partial charge in [-0.3, -0.25) is 9.59 Å². The Kier molecular flexibility index (Phi) is 3.28. The van der Waals surface area contributed by atoms with E-state index in [1.54, 1.807) is 19.1 Å². The molecule has 0 spiro atoms. The second kappa shape index (κ2) is 4.71. The summed E-state index contributed by atoms with van der Waals surface area (Å²) in [5.74, 6) is -0.425. The lowest BCUT2D eigenvalue weighted by Gasteiger charge is -2.00. The molecule has 4 nitrogen and oxygen atoms in total. The van der Waals surface area contributed by atoms with Gasteiger partial charge in [0.05, 0.1) is 5.25 Å². The van der Waals surface area contributed by atoms with Gasteiger partial charge in [0.2, 0.25) is 5.91 Å². The number of carbonyl (C=O) groups excluding carboxylic acids is 2. The molecular weight excluding hydrogens is 236 g/mol. The van der Waals surface area contributed by atoms with Gasteiger partial charge in [0.25, 0.3) is 5.91 Å². The molecule has 0 aromatic heterocycles. The topological polar surface area (TPSA) is 58.5 Å². The first-order valence-electron chi connectivity index (χ1n) is 5.24. The Morgan fingerprint density at radius 2 is 2.12 bits per heavy atom. The lowest BCUT2D eigenvalue weighted by molar-refractivity contribution is -0.118. The second-order valence-electron chi connectivity index (χ2n) is 3.79. The maximum atomic E-state index is 11.9. The number of nitrogens with one attached hydrogen (secondary N) is 1. The summed E-state index contributed by atoms with van der Waals surface area (Å²) >= 11 is 1.27. The molecule has 88 valence electrons. The molecule has 0 aliphatic carbocycles. The summed E-state index contributed by atoms with van der Waals surface area (Å²) in [6.45, 7) is 3.64. The first kappa shape index (κ1) is 11.9. The number of carbonyl (C=O) groups is 2. The van der Waals surface area contributed by atoms with Gasteiger partial charge in [-0.25, -0.2) is 0 Å². The van der Waals surface area contributed by atoms with E-state index in [0.29, 0.717) is 10.7 Å². The molecule has 1 aromatic carbocycles. The van der Waals surface area contributed by atoms with Crippen molar-refractivity contribution in [3.8, 4) is 0 Å². The Hall–Kier alpha value is -1.62. The van der Waals surface area contributed by atoms with Crippen LogP contribution in [-0.2, 0) is 4.79 Å². The van der Waals surface area contributed by atoms with Crippen molar-refractivity contribution >= 4 is 28.7 Å². The van der Waals surface area contributed by atoms with Crippen molar-refractivity contribution in [2.24, 2.45) is 4.99 Å². The van der Waals surface area contributed by atoms with Gasteiger partial charge in [-0.1, -0.05) is 30.0 Å². The average Bonchev–Trinajstić information content (AvgIpc) is 2.58. The van der Waals surface area contributed by atoms with Crippen LogP contribution < -0.4 is 5.32 Å². The van der Waals surface area contributed by atoms with Gasteiger partial charge in [-0.15, -0.1) is 0 Å². The quantitative estimate of drug-likeness (QED) is 0.823. The van der Waals surface area contributed by atoms with E-state index in [9.17, 15) is 9.59 Å². The molecule has 1 heterocycles. The number of nitrogens with zero attached hydrogens (tertiary/aromatic N) is 1. The minimum Gasteiger partial charge on any atom is -0.304 e. The van der Waals surface area contributed by atoms with Gasteiger partial charge < -0.3 is 5.32 Å². The molecule has 0 bridgehead atoms. The molecule has 1 fully saturated rings. The van der Waals surface area contributed by atoms with Crippen LogP contribution in [0, 0.1) is 6.92 Å². The number of aryl methyl sites for hydroxylation is 1. The highest BCUT2D eigenvalue weighted by molar-refractivity contribution is 8.15. The van der Waals surface area contributed by atoms with E-state index in [-0.39, 0.29) is 17.1 Å². The van der Waals surface area contributed by atoms with Gasteiger partial charge in [-0.2, -0.15) is 4.99 Å². The van der Waals surface area contributed by atoms with Crippen molar-refractivity contribution in [2.45, 2.75) is 19.1 Å². The molecular formula is C12H12N2O2S. The summed E-state index contributed by atoms with van der Waals surface area (Å²) in [4.78, 5) is 27.0. The molecule has 2 amide bonds. The molecule has 17 heavy (non-hydrogen) atoms. The third-order valence-electron chi connectivity index (χ3n) is 2.47. The van der Waals surface area contributed by atoms with E-state index in [1.807, 2.05) is 19.1 Å². The minimum absolute atomic E-state index is 0.105. The molecule has 5 heteroatoms. The number of amides is 2. The van der Waals surface area contributed by atoms with Gasteiger partial charge >= 0.3 is 0 Å². The summed E-state index contributed by atoms with van der Waals surface area (Å²) in [6.07, 6.45) is 0. The molecule has 1 N–H and O–H groups in total. The fourth-order valence-corrected chi connectivity index (χ4v) is 2.27. The summed E-state index contributed by atoms with van der Waals surface area (Å²) in [7, 11) is 0. The lowest BCUT2D eigenvalue weighted by atomic mass is 10.1. The fourth-order valence-electron chi connectivity index (χ4n) is 1.48. The Labute approximate surface area is 104 Å². The van der Waals surface area contributed by atoms with E-state index in [4.69, 9.17) is 0 Å². The maximum absolute atomic E-state index is 11.9. The first-order chi connectivity index (χ1) is 8.08. The van der Waals surface area contributed by atoms with Crippen LogP contribution in [0.25, 0.3) is 0 Å². The molecule has 1 saturated heterocycles. The van der Waals surface area contributed by atoms with Gasteiger partial charge in [-0.05, 0) is 25.5 Å². The van der Waals surface area contributed by atoms with Crippen molar-refractivity contribution in [3.63, 3.8) is 0 Å². The van der Waals surface area contributed by atoms with E-state index in [1.165, 1.54) is 11.8 Å². The van der Waals surface area contributed by atoms with Crippen molar-refractivity contribution in [2.75, 3.05) is 0 Å². The highest BCUT2D eigenvalue weighted by Crippen LogP contribution is 2.19. The number of rotatable bonds is 1. The molecule has 1 aliphatic rings. The summed E-state index contributed by atoms with van der Waals surface area (Å²) < 4.78 is 0. The number of hydrogen-bond acceptors (Lipinski definition) is 3. The van der Waals surface area contributed by atoms with Crippen LogP contribution in [-0.4, -0.2) is 22.2 Å². The lowest BCUT2D eigenvalue weighted by Crippen LogP contribution is -2.23. The van der Waals surface area contributed by atoms with Crippen LogP contribution in [0.1, 0.15) is 22.8 Å². The SMILES string of the molecule is Cc1ccccc1C(=O)N=C1NC(=O)C(C)S1. The summed E-state index contributed by atoms with van der Waals surface area (Å²) in [5, 5.41) is 2.78. The molecule has 1 unspecified atom stereocenters. The van der Waals surface area contributed by atoms with Crippen molar-refractivity contribution in [3.05, 3.63) is 35.4 Å². The minimum atomic E-state index is -0.319. The van der Waals surface area contributed by atoms with Crippen molar-refractivity contribution in [1.82, 2.24) is 5.32 Å². The summed E-state index contributed by atoms with van der Waals surface area (Å²) in [5.41, 5.74) is 1.44. The Balaban J connectivity index is 2.21. The number of hydrogen-bond donors (Lipinski definition) is 1. The van der Waals surface area contributed by atoms with Gasteiger partial charge in [0.15, 0.2) is 5.17 Å². The predicted octanol–water partition coefficient (Wildman–Crippen LogP) is 1.74. The van der Waals surface area contributed by atoms with Gasteiger partial charge in [0, 0.05) is 5.56 Å². The highest BCUT2D eigenvalue weighted by atomic mass is 32.2.